The molecule has 2 rings (SSSR count). The molecule has 1 aliphatic rings. The van der Waals surface area contributed by atoms with Crippen molar-refractivity contribution in [3.63, 3.8) is 0 Å². The summed E-state index contributed by atoms with van der Waals surface area (Å²) in [5.41, 5.74) is 0.574. The normalized spacial score (nSPS) is 27.8. The highest BCUT2D eigenvalue weighted by molar-refractivity contribution is 6.29. The van der Waals surface area contributed by atoms with E-state index in [0.717, 1.165) is 6.42 Å². The molecule has 1 fully saturated rings. The van der Waals surface area contributed by atoms with Gasteiger partial charge in [-0.25, -0.2) is 4.98 Å². The topological polar surface area (TPSA) is 42.0 Å². The van der Waals surface area contributed by atoms with Gasteiger partial charge in [-0.2, -0.15) is 0 Å². The van der Waals surface area contributed by atoms with Crippen molar-refractivity contribution in [1.29, 1.82) is 0 Å². The maximum atomic E-state index is 12.1. The van der Waals surface area contributed by atoms with Gasteiger partial charge in [0.15, 0.2) is 0 Å². The van der Waals surface area contributed by atoms with Crippen molar-refractivity contribution in [3.05, 3.63) is 29.0 Å². The van der Waals surface area contributed by atoms with E-state index in [-0.39, 0.29) is 11.9 Å². The lowest BCUT2D eigenvalue weighted by Crippen LogP contribution is -2.43. The lowest BCUT2D eigenvalue weighted by Gasteiger charge is -2.34. The summed E-state index contributed by atoms with van der Waals surface area (Å²) < 4.78 is 0. The molecule has 3 atom stereocenters. The zero-order chi connectivity index (χ0) is 13.1. The highest BCUT2D eigenvalue weighted by Gasteiger charge is 2.28. The van der Waals surface area contributed by atoms with E-state index in [0.29, 0.717) is 22.6 Å². The van der Waals surface area contributed by atoms with Gasteiger partial charge in [-0.15, -0.1) is 0 Å². The standard InChI is InChI=1S/C14H19ClN2O/c1-9-4-3-5-12(10(9)2)17-14(18)11-6-7-13(15)16-8-11/h6-10,12H,3-5H2,1-2H3,(H,17,18). The molecule has 1 N–H and O–H groups in total. The van der Waals surface area contributed by atoms with Crippen LogP contribution < -0.4 is 5.32 Å². The van der Waals surface area contributed by atoms with E-state index in [4.69, 9.17) is 11.6 Å². The Balaban J connectivity index is 2.00. The van der Waals surface area contributed by atoms with Gasteiger partial charge in [0.2, 0.25) is 0 Å². The fourth-order valence-electron chi connectivity index (χ4n) is 2.55. The van der Waals surface area contributed by atoms with Crippen molar-refractivity contribution in [3.8, 4) is 0 Å². The highest BCUT2D eigenvalue weighted by Crippen LogP contribution is 2.29. The number of hydrogen-bond donors (Lipinski definition) is 1. The summed E-state index contributed by atoms with van der Waals surface area (Å²) in [5, 5.41) is 3.52. The van der Waals surface area contributed by atoms with Crippen molar-refractivity contribution < 1.29 is 4.79 Å². The molecule has 98 valence electrons. The molecule has 3 nitrogen and oxygen atoms in total. The number of amides is 1. The highest BCUT2D eigenvalue weighted by atomic mass is 35.5. The maximum Gasteiger partial charge on any atom is 0.253 e. The van der Waals surface area contributed by atoms with Crippen molar-refractivity contribution >= 4 is 17.5 Å². The smallest absolute Gasteiger partial charge is 0.253 e. The zero-order valence-electron chi connectivity index (χ0n) is 10.8. The van der Waals surface area contributed by atoms with Crippen LogP contribution in [0.3, 0.4) is 0 Å². The second-order valence-electron chi connectivity index (χ2n) is 5.22. The van der Waals surface area contributed by atoms with Crippen molar-refractivity contribution in [2.45, 2.75) is 39.2 Å². The summed E-state index contributed by atoms with van der Waals surface area (Å²) in [6.45, 7) is 4.47. The predicted molar refractivity (Wildman–Crippen MR) is 72.7 cm³/mol. The maximum absolute atomic E-state index is 12.1. The second kappa shape index (κ2) is 5.70. The minimum Gasteiger partial charge on any atom is -0.349 e. The third-order valence-corrected chi connectivity index (χ3v) is 4.24. The van der Waals surface area contributed by atoms with Crippen LogP contribution in [0.1, 0.15) is 43.5 Å². The Morgan fingerprint density at radius 1 is 1.39 bits per heavy atom. The van der Waals surface area contributed by atoms with Crippen molar-refractivity contribution in [2.75, 3.05) is 0 Å². The number of rotatable bonds is 2. The van der Waals surface area contributed by atoms with Gasteiger partial charge in [-0.1, -0.05) is 38.3 Å². The fraction of sp³-hybridized carbons (Fsp3) is 0.571. The zero-order valence-corrected chi connectivity index (χ0v) is 11.6. The summed E-state index contributed by atoms with van der Waals surface area (Å²) >= 11 is 5.71. The van der Waals surface area contributed by atoms with Gasteiger partial charge in [-0.05, 0) is 30.4 Å². The van der Waals surface area contributed by atoms with E-state index in [9.17, 15) is 4.79 Å². The third-order valence-electron chi connectivity index (χ3n) is 4.01. The molecule has 0 aliphatic heterocycles. The van der Waals surface area contributed by atoms with E-state index < -0.39 is 0 Å². The third kappa shape index (κ3) is 3.02. The summed E-state index contributed by atoms with van der Waals surface area (Å²) in [7, 11) is 0. The minimum absolute atomic E-state index is 0.0508. The van der Waals surface area contributed by atoms with Gasteiger partial charge in [0.05, 0.1) is 5.56 Å². The lowest BCUT2D eigenvalue weighted by molar-refractivity contribution is 0.0890. The van der Waals surface area contributed by atoms with Crippen LogP contribution in [0.25, 0.3) is 0 Å². The first-order valence-corrected chi connectivity index (χ1v) is 6.88. The molecule has 1 saturated carbocycles. The monoisotopic (exact) mass is 266 g/mol. The molecular weight excluding hydrogens is 248 g/mol. The Kier molecular flexibility index (Phi) is 4.23. The first kappa shape index (κ1) is 13.3. The van der Waals surface area contributed by atoms with Gasteiger partial charge in [0.1, 0.15) is 5.15 Å². The molecule has 0 radical (unpaired) electrons. The predicted octanol–water partition coefficient (Wildman–Crippen LogP) is 3.29. The molecule has 18 heavy (non-hydrogen) atoms. The SMILES string of the molecule is CC1CCCC(NC(=O)c2ccc(Cl)nc2)C1C. The van der Waals surface area contributed by atoms with Crippen LogP contribution in [0.4, 0.5) is 0 Å². The Labute approximate surface area is 113 Å². The molecule has 0 aromatic carbocycles. The molecule has 0 saturated heterocycles. The van der Waals surface area contributed by atoms with E-state index in [1.54, 1.807) is 12.1 Å². The van der Waals surface area contributed by atoms with E-state index in [1.165, 1.54) is 19.0 Å². The van der Waals surface area contributed by atoms with Crippen LogP contribution in [0.15, 0.2) is 18.3 Å². The molecule has 4 heteroatoms. The number of hydrogen-bond acceptors (Lipinski definition) is 2. The van der Waals surface area contributed by atoms with Crippen LogP contribution >= 0.6 is 11.6 Å². The second-order valence-corrected chi connectivity index (χ2v) is 5.60. The number of pyridine rings is 1. The number of nitrogens with one attached hydrogen (secondary N) is 1. The minimum atomic E-state index is -0.0508. The largest absolute Gasteiger partial charge is 0.349 e. The first-order chi connectivity index (χ1) is 8.58. The summed E-state index contributed by atoms with van der Waals surface area (Å²) in [5.74, 6) is 1.15. The molecule has 1 aromatic rings. The van der Waals surface area contributed by atoms with Crippen molar-refractivity contribution in [1.82, 2.24) is 10.3 Å². The number of carbonyl (C=O) groups is 1. The van der Waals surface area contributed by atoms with Crippen LogP contribution in [0.2, 0.25) is 5.15 Å². The number of nitrogens with zero attached hydrogens (tertiary/aromatic N) is 1. The summed E-state index contributed by atoms with van der Waals surface area (Å²) in [6, 6.07) is 3.63. The van der Waals surface area contributed by atoms with Crippen LogP contribution in [0, 0.1) is 11.8 Å². The van der Waals surface area contributed by atoms with Crippen LogP contribution in [-0.4, -0.2) is 16.9 Å². The lowest BCUT2D eigenvalue weighted by atomic mass is 9.78. The van der Waals surface area contributed by atoms with Crippen LogP contribution in [-0.2, 0) is 0 Å². The molecule has 3 unspecified atom stereocenters. The Morgan fingerprint density at radius 3 is 2.83 bits per heavy atom. The van der Waals surface area contributed by atoms with Gasteiger partial charge in [-0.3, -0.25) is 4.79 Å². The van der Waals surface area contributed by atoms with E-state index >= 15 is 0 Å². The molecule has 1 heterocycles. The van der Waals surface area contributed by atoms with E-state index in [1.807, 2.05) is 0 Å². The van der Waals surface area contributed by atoms with Gasteiger partial charge in [0.25, 0.3) is 5.91 Å². The number of halogens is 1. The number of carbonyl (C=O) groups excluding carboxylic acids is 1. The number of aromatic nitrogens is 1. The molecule has 1 aliphatic carbocycles. The average Bonchev–Trinajstić information content (AvgIpc) is 2.36. The Hall–Kier alpha value is -1.09. The molecule has 0 bridgehead atoms. The van der Waals surface area contributed by atoms with Crippen molar-refractivity contribution in [2.24, 2.45) is 11.8 Å². The molecule has 1 amide bonds. The first-order valence-electron chi connectivity index (χ1n) is 6.50. The van der Waals surface area contributed by atoms with Gasteiger partial charge >= 0.3 is 0 Å². The quantitative estimate of drug-likeness (QED) is 0.835. The van der Waals surface area contributed by atoms with Crippen LogP contribution in [0.5, 0.6) is 0 Å². The molecule has 0 spiro atoms. The van der Waals surface area contributed by atoms with Gasteiger partial charge < -0.3 is 5.32 Å². The Bertz CT molecular complexity index is 418. The molecule has 1 aromatic heterocycles. The fourth-order valence-corrected chi connectivity index (χ4v) is 2.66. The van der Waals surface area contributed by atoms with E-state index in [2.05, 4.69) is 24.1 Å². The average molecular weight is 267 g/mol. The molecular formula is C14H19ClN2O. The Morgan fingerprint density at radius 2 is 2.17 bits per heavy atom. The summed E-state index contributed by atoms with van der Waals surface area (Å²) in [6.07, 6.45) is 5.04. The van der Waals surface area contributed by atoms with Gasteiger partial charge in [0, 0.05) is 12.2 Å². The summed E-state index contributed by atoms with van der Waals surface area (Å²) in [4.78, 5) is 16.0.